The van der Waals surface area contributed by atoms with Gasteiger partial charge in [0.05, 0.1) is 41.5 Å². The molecule has 2 aromatic rings. The third kappa shape index (κ3) is 4.01. The van der Waals surface area contributed by atoms with Gasteiger partial charge in [-0.2, -0.15) is 5.26 Å². The molecule has 5 nitrogen and oxygen atoms in total. The van der Waals surface area contributed by atoms with Crippen molar-refractivity contribution in [2.45, 2.75) is 36.7 Å². The minimum atomic E-state index is -1.46. The number of carbonyl (C=O) groups is 1. The first kappa shape index (κ1) is 20.2. The largest absolute Gasteiger partial charge is 0.593 e. The summed E-state index contributed by atoms with van der Waals surface area (Å²) in [6.45, 7) is 0.415. The number of primary amides is 1. The molecule has 2 aliphatic rings. The zero-order chi connectivity index (χ0) is 20.5. The molecule has 0 saturated heterocycles. The van der Waals surface area contributed by atoms with Gasteiger partial charge < -0.3 is 10.3 Å². The van der Waals surface area contributed by atoms with Crippen molar-refractivity contribution in [3.63, 3.8) is 0 Å². The maximum absolute atomic E-state index is 13.6. The molecule has 0 aromatic heterocycles. The summed E-state index contributed by atoms with van der Waals surface area (Å²) in [7, 11) is 0. The summed E-state index contributed by atoms with van der Waals surface area (Å²) in [5.41, 5.74) is 7.30. The maximum atomic E-state index is 13.6. The van der Waals surface area contributed by atoms with Gasteiger partial charge in [-0.05, 0) is 73.1 Å². The third-order valence-electron chi connectivity index (χ3n) is 6.18. The molecule has 2 aliphatic carbocycles. The molecule has 29 heavy (non-hydrogen) atoms. The highest BCUT2D eigenvalue weighted by atomic mass is 35.5. The number of fused-ring (bicyclic) bond motifs is 2. The fourth-order valence-electron chi connectivity index (χ4n) is 4.90. The molecule has 2 fully saturated rings. The number of amides is 1. The van der Waals surface area contributed by atoms with E-state index >= 15 is 0 Å². The first-order valence-corrected chi connectivity index (χ1v) is 11.2. The van der Waals surface area contributed by atoms with E-state index in [1.54, 1.807) is 36.4 Å². The quantitative estimate of drug-likeness (QED) is 0.712. The summed E-state index contributed by atoms with van der Waals surface area (Å²) in [6.07, 6.45) is 2.99. The first-order chi connectivity index (χ1) is 14.0. The summed E-state index contributed by atoms with van der Waals surface area (Å²) >= 11 is 4.53. The highest BCUT2D eigenvalue weighted by Gasteiger charge is 2.55. The van der Waals surface area contributed by atoms with E-state index in [4.69, 9.17) is 22.6 Å². The van der Waals surface area contributed by atoms with Crippen LogP contribution in [-0.2, 0) is 22.7 Å². The summed E-state index contributed by atoms with van der Waals surface area (Å²) in [5, 5.41) is 9.62. The molecule has 1 amide bonds. The molecule has 0 aliphatic heterocycles. The van der Waals surface area contributed by atoms with Crippen LogP contribution in [0.1, 0.15) is 30.4 Å². The van der Waals surface area contributed by atoms with Crippen molar-refractivity contribution >= 4 is 28.9 Å². The van der Waals surface area contributed by atoms with Crippen LogP contribution in [0.15, 0.2) is 53.4 Å². The van der Waals surface area contributed by atoms with E-state index in [2.05, 4.69) is 6.07 Å². The van der Waals surface area contributed by atoms with Gasteiger partial charge >= 0.3 is 0 Å². The van der Waals surface area contributed by atoms with Crippen LogP contribution in [0.5, 0.6) is 0 Å². The second-order valence-electron chi connectivity index (χ2n) is 7.84. The monoisotopic (exact) mass is 427 g/mol. The van der Waals surface area contributed by atoms with E-state index in [9.17, 15) is 9.35 Å². The number of nitriles is 1. The predicted molar refractivity (Wildman–Crippen MR) is 112 cm³/mol. The molecule has 2 bridgehead atoms. The standard InChI is InChI=1S/C22H22ClN3O2S/c23-18-7-9-19(10-8-18)29(28)26(13-15-3-1-14(12-24)2-4-15)21-17-6-5-16(11-17)20(21)22(25)27/h1-4,7-10,16-17,20-21H,5-6,11,13H2,(H2,25,27). The van der Waals surface area contributed by atoms with E-state index in [0.717, 1.165) is 24.8 Å². The summed E-state index contributed by atoms with van der Waals surface area (Å²) < 4.78 is 15.5. The van der Waals surface area contributed by atoms with Gasteiger partial charge in [-0.25, -0.2) is 0 Å². The van der Waals surface area contributed by atoms with Gasteiger partial charge in [-0.15, -0.1) is 4.31 Å². The number of hydrogen-bond acceptors (Lipinski definition) is 4. The van der Waals surface area contributed by atoms with Crippen LogP contribution in [-0.4, -0.2) is 20.8 Å². The van der Waals surface area contributed by atoms with Crippen LogP contribution in [0.3, 0.4) is 0 Å². The molecule has 0 heterocycles. The van der Waals surface area contributed by atoms with E-state index < -0.39 is 11.4 Å². The van der Waals surface area contributed by atoms with Crippen LogP contribution >= 0.6 is 11.6 Å². The Hall–Kier alpha value is -2.04. The van der Waals surface area contributed by atoms with Crippen LogP contribution in [0, 0.1) is 29.1 Å². The van der Waals surface area contributed by atoms with E-state index in [1.165, 1.54) is 0 Å². The van der Waals surface area contributed by atoms with Crippen LogP contribution in [0.4, 0.5) is 0 Å². The predicted octanol–water partition coefficient (Wildman–Crippen LogP) is 3.64. The van der Waals surface area contributed by atoms with Crippen LogP contribution < -0.4 is 5.73 Å². The van der Waals surface area contributed by atoms with Gasteiger partial charge in [0.1, 0.15) is 0 Å². The van der Waals surface area contributed by atoms with E-state index in [-0.39, 0.29) is 23.8 Å². The SMILES string of the molecule is N#Cc1ccc(CN(C2C3CCC(C3)C2C(N)=O)[S+]([O-])c2ccc(Cl)cc2)cc1. The first-order valence-electron chi connectivity index (χ1n) is 9.70. The molecular weight excluding hydrogens is 406 g/mol. The molecule has 2 N–H and O–H groups in total. The minimum absolute atomic E-state index is 0.154. The minimum Gasteiger partial charge on any atom is -0.593 e. The molecule has 0 spiro atoms. The zero-order valence-corrected chi connectivity index (χ0v) is 17.4. The second-order valence-corrected chi connectivity index (χ2v) is 9.71. The third-order valence-corrected chi connectivity index (χ3v) is 7.91. The molecule has 150 valence electrons. The summed E-state index contributed by atoms with van der Waals surface area (Å²) in [6, 6.07) is 16.2. The van der Waals surface area contributed by atoms with Gasteiger partial charge in [-0.3, -0.25) is 4.79 Å². The van der Waals surface area contributed by atoms with Crippen molar-refractivity contribution < 1.29 is 9.35 Å². The molecule has 7 heteroatoms. The van der Waals surface area contributed by atoms with Gasteiger partial charge in [-0.1, -0.05) is 23.7 Å². The second kappa shape index (κ2) is 8.37. The topological polar surface area (TPSA) is 93.2 Å². The lowest BCUT2D eigenvalue weighted by molar-refractivity contribution is -0.125. The van der Waals surface area contributed by atoms with Crippen LogP contribution in [0.2, 0.25) is 5.02 Å². The number of hydrogen-bond donors (Lipinski definition) is 1. The lowest BCUT2D eigenvalue weighted by Gasteiger charge is -2.37. The lowest BCUT2D eigenvalue weighted by atomic mass is 9.84. The molecule has 2 aromatic carbocycles. The Morgan fingerprint density at radius 2 is 1.83 bits per heavy atom. The fraction of sp³-hybridized carbons (Fsp3) is 0.364. The van der Waals surface area contributed by atoms with Crippen LogP contribution in [0.25, 0.3) is 0 Å². The Balaban J connectivity index is 1.69. The highest BCUT2D eigenvalue weighted by molar-refractivity contribution is 7.89. The van der Waals surface area contributed by atoms with Crippen molar-refractivity contribution in [1.29, 1.82) is 5.26 Å². The van der Waals surface area contributed by atoms with Gasteiger partial charge in [0.15, 0.2) is 4.90 Å². The Labute approximate surface area is 178 Å². The number of nitrogens with two attached hydrogens (primary N) is 1. The normalized spacial score (nSPS) is 26.4. The fourth-order valence-corrected chi connectivity index (χ4v) is 6.46. The lowest BCUT2D eigenvalue weighted by Crippen LogP contribution is -2.50. The van der Waals surface area contributed by atoms with E-state index in [1.807, 2.05) is 16.4 Å². The Bertz CT molecular complexity index is 929. The van der Waals surface area contributed by atoms with E-state index in [0.29, 0.717) is 27.9 Å². The van der Waals surface area contributed by atoms with Crippen molar-refractivity contribution in [1.82, 2.24) is 4.31 Å². The average Bonchev–Trinajstić information content (AvgIpc) is 3.34. The number of carbonyl (C=O) groups excluding carboxylic acids is 1. The number of nitrogens with zero attached hydrogens (tertiary/aromatic N) is 2. The summed E-state index contributed by atoms with van der Waals surface area (Å²) in [5.74, 6) is -0.0103. The Kier molecular flexibility index (Phi) is 5.84. The van der Waals surface area contributed by atoms with Crippen molar-refractivity contribution in [2.24, 2.45) is 23.5 Å². The zero-order valence-electron chi connectivity index (χ0n) is 15.8. The molecular formula is C22H22ClN3O2S. The van der Waals surface area contributed by atoms with Gasteiger partial charge in [0, 0.05) is 5.02 Å². The molecule has 4 rings (SSSR count). The van der Waals surface area contributed by atoms with Gasteiger partial charge in [0.2, 0.25) is 5.91 Å². The van der Waals surface area contributed by atoms with Crippen molar-refractivity contribution in [3.8, 4) is 6.07 Å². The number of rotatable bonds is 6. The Morgan fingerprint density at radius 1 is 1.17 bits per heavy atom. The number of benzene rings is 2. The van der Waals surface area contributed by atoms with Crippen molar-refractivity contribution in [2.75, 3.05) is 0 Å². The molecule has 5 unspecified atom stereocenters. The molecule has 5 atom stereocenters. The average molecular weight is 428 g/mol. The molecule has 2 saturated carbocycles. The summed E-state index contributed by atoms with van der Waals surface area (Å²) in [4.78, 5) is 12.9. The number of halogens is 1. The Morgan fingerprint density at radius 3 is 2.45 bits per heavy atom. The highest BCUT2D eigenvalue weighted by Crippen LogP contribution is 2.51. The maximum Gasteiger partial charge on any atom is 0.222 e. The van der Waals surface area contributed by atoms with Crippen molar-refractivity contribution in [3.05, 3.63) is 64.7 Å². The smallest absolute Gasteiger partial charge is 0.222 e. The van der Waals surface area contributed by atoms with Gasteiger partial charge in [0.25, 0.3) is 0 Å². The molecule has 0 radical (unpaired) electrons.